The number of hydrogen-bond donors (Lipinski definition) is 3. The number of aromatic amines is 1. The first kappa shape index (κ1) is 17.7. The molecule has 7 heteroatoms. The van der Waals surface area contributed by atoms with Crippen molar-refractivity contribution in [2.24, 2.45) is 5.10 Å². The van der Waals surface area contributed by atoms with E-state index in [-0.39, 0.29) is 11.4 Å². The number of H-pyrrole nitrogens is 1. The summed E-state index contributed by atoms with van der Waals surface area (Å²) in [6.45, 7) is 0.320. The highest BCUT2D eigenvalue weighted by Crippen LogP contribution is 2.21. The molecular formula is C19H22N4O3. The molecule has 1 aromatic carbocycles. The number of hydrazone groups is 1. The third-order valence-corrected chi connectivity index (χ3v) is 4.41. The van der Waals surface area contributed by atoms with Gasteiger partial charge < -0.3 is 5.11 Å². The molecule has 0 unspecified atom stereocenters. The van der Waals surface area contributed by atoms with E-state index in [4.69, 9.17) is 0 Å². The molecule has 2 aromatic rings. The zero-order valence-electron chi connectivity index (χ0n) is 14.4. The average molecular weight is 354 g/mol. The van der Waals surface area contributed by atoms with Crippen molar-refractivity contribution in [1.29, 1.82) is 0 Å². The number of nitrogens with one attached hydrogen (secondary N) is 2. The van der Waals surface area contributed by atoms with E-state index in [1.807, 2.05) is 30.3 Å². The van der Waals surface area contributed by atoms with Crippen molar-refractivity contribution in [3.63, 3.8) is 0 Å². The Hall–Kier alpha value is -3.09. The second-order valence-corrected chi connectivity index (χ2v) is 6.24. The van der Waals surface area contributed by atoms with Crippen LogP contribution in [0.4, 0.5) is 5.69 Å². The lowest BCUT2D eigenvalue weighted by atomic mass is 9.97. The van der Waals surface area contributed by atoms with Crippen LogP contribution in [0.15, 0.2) is 56.7 Å². The van der Waals surface area contributed by atoms with Crippen LogP contribution >= 0.6 is 0 Å². The molecule has 0 amide bonds. The molecule has 0 saturated heterocycles. The average Bonchev–Trinajstić information content (AvgIpc) is 2.66. The van der Waals surface area contributed by atoms with Crippen LogP contribution in [-0.4, -0.2) is 20.9 Å². The van der Waals surface area contributed by atoms with E-state index >= 15 is 0 Å². The molecule has 1 aliphatic carbocycles. The summed E-state index contributed by atoms with van der Waals surface area (Å²) < 4.78 is 1.18. The minimum absolute atomic E-state index is 0.0503. The van der Waals surface area contributed by atoms with E-state index in [0.29, 0.717) is 13.0 Å². The van der Waals surface area contributed by atoms with E-state index < -0.39 is 11.2 Å². The minimum atomic E-state index is -0.667. The van der Waals surface area contributed by atoms with Gasteiger partial charge in [-0.25, -0.2) is 4.79 Å². The fourth-order valence-electron chi connectivity index (χ4n) is 2.97. The van der Waals surface area contributed by atoms with Crippen molar-refractivity contribution in [2.75, 3.05) is 5.43 Å². The summed E-state index contributed by atoms with van der Waals surface area (Å²) in [6.07, 6.45) is 8.53. The maximum absolute atomic E-state index is 12.0. The van der Waals surface area contributed by atoms with Crippen molar-refractivity contribution < 1.29 is 5.11 Å². The molecule has 3 rings (SSSR count). The Morgan fingerprint density at radius 2 is 2.04 bits per heavy atom. The van der Waals surface area contributed by atoms with Crippen LogP contribution in [0.3, 0.4) is 0 Å². The van der Waals surface area contributed by atoms with Crippen molar-refractivity contribution in [1.82, 2.24) is 9.55 Å². The monoisotopic (exact) mass is 354 g/mol. The van der Waals surface area contributed by atoms with Crippen LogP contribution in [0.1, 0.15) is 37.7 Å². The predicted molar refractivity (Wildman–Crippen MR) is 102 cm³/mol. The van der Waals surface area contributed by atoms with Gasteiger partial charge in [-0.2, -0.15) is 5.10 Å². The molecule has 0 bridgehead atoms. The third kappa shape index (κ3) is 4.30. The Morgan fingerprint density at radius 1 is 1.23 bits per heavy atom. The molecule has 0 aliphatic heterocycles. The summed E-state index contributed by atoms with van der Waals surface area (Å²) in [7, 11) is 0. The van der Waals surface area contributed by atoms with Gasteiger partial charge in [-0.05, 0) is 44.2 Å². The zero-order chi connectivity index (χ0) is 18.4. The van der Waals surface area contributed by atoms with Gasteiger partial charge in [0.15, 0.2) is 0 Å². The van der Waals surface area contributed by atoms with Gasteiger partial charge in [-0.15, -0.1) is 0 Å². The van der Waals surface area contributed by atoms with Gasteiger partial charge in [-0.1, -0.05) is 29.8 Å². The van der Waals surface area contributed by atoms with E-state index in [0.717, 1.165) is 24.9 Å². The summed E-state index contributed by atoms with van der Waals surface area (Å²) in [5.74, 6) is -0.367. The highest BCUT2D eigenvalue weighted by Gasteiger charge is 2.13. The highest BCUT2D eigenvalue weighted by molar-refractivity contribution is 5.82. The molecule has 7 nitrogen and oxygen atoms in total. The number of nitrogens with zero attached hydrogens (tertiary/aromatic N) is 2. The van der Waals surface area contributed by atoms with Crippen LogP contribution in [0.2, 0.25) is 0 Å². The molecule has 1 aromatic heterocycles. The van der Waals surface area contributed by atoms with E-state index in [1.54, 1.807) is 0 Å². The SMILES string of the molecule is O=c1[nH]c(=O)n(CCC2=CCCCC2)c(O)c1/C=N/Nc1ccccc1. The van der Waals surface area contributed by atoms with E-state index in [1.165, 1.54) is 22.8 Å². The summed E-state index contributed by atoms with van der Waals surface area (Å²) in [4.78, 5) is 26.3. The van der Waals surface area contributed by atoms with Crippen molar-refractivity contribution in [2.45, 2.75) is 38.6 Å². The molecule has 1 aliphatic rings. The second kappa shape index (κ2) is 8.33. The first-order chi connectivity index (χ1) is 12.6. The van der Waals surface area contributed by atoms with Gasteiger partial charge in [0.1, 0.15) is 5.56 Å². The van der Waals surface area contributed by atoms with Crippen LogP contribution in [-0.2, 0) is 6.54 Å². The summed E-state index contributed by atoms with van der Waals surface area (Å²) in [5.41, 5.74) is 3.48. The second-order valence-electron chi connectivity index (χ2n) is 6.24. The van der Waals surface area contributed by atoms with Crippen LogP contribution in [0, 0.1) is 0 Å². The third-order valence-electron chi connectivity index (χ3n) is 4.41. The fourth-order valence-corrected chi connectivity index (χ4v) is 2.97. The Kier molecular flexibility index (Phi) is 5.68. The quantitative estimate of drug-likeness (QED) is 0.422. The standard InChI is InChI=1S/C19H22N4O3/c24-17-16(13-20-22-15-9-5-2-6-10-15)18(25)23(19(26)21-17)12-11-14-7-3-1-4-8-14/h2,5-7,9-10,13,22,25H,1,3-4,8,11-12H2,(H,21,24,26)/b20-13+. The first-order valence-electron chi connectivity index (χ1n) is 8.73. The predicted octanol–water partition coefficient (Wildman–Crippen LogP) is 2.58. The van der Waals surface area contributed by atoms with Gasteiger partial charge in [0.2, 0.25) is 5.88 Å². The van der Waals surface area contributed by atoms with Crippen LogP contribution in [0.25, 0.3) is 0 Å². The van der Waals surface area contributed by atoms with Gasteiger partial charge in [0.05, 0.1) is 11.9 Å². The molecule has 26 heavy (non-hydrogen) atoms. The van der Waals surface area contributed by atoms with Gasteiger partial charge >= 0.3 is 5.69 Å². The summed E-state index contributed by atoms with van der Waals surface area (Å²) in [5, 5.41) is 14.4. The molecule has 136 valence electrons. The number of aromatic hydroxyl groups is 1. The Balaban J connectivity index is 1.78. The lowest BCUT2D eigenvalue weighted by Crippen LogP contribution is -2.32. The molecule has 0 saturated carbocycles. The smallest absolute Gasteiger partial charge is 0.331 e. The first-order valence-corrected chi connectivity index (χ1v) is 8.73. The van der Waals surface area contributed by atoms with Crippen LogP contribution in [0.5, 0.6) is 5.88 Å². The van der Waals surface area contributed by atoms with Crippen LogP contribution < -0.4 is 16.7 Å². The normalized spacial score (nSPS) is 14.4. The number of para-hydroxylation sites is 1. The number of hydrogen-bond acceptors (Lipinski definition) is 5. The molecule has 0 spiro atoms. The lowest BCUT2D eigenvalue weighted by Gasteiger charge is -2.14. The topological polar surface area (TPSA) is 99.5 Å². The van der Waals surface area contributed by atoms with E-state index in [9.17, 15) is 14.7 Å². The number of aromatic nitrogens is 2. The Morgan fingerprint density at radius 3 is 2.77 bits per heavy atom. The van der Waals surface area contributed by atoms with E-state index in [2.05, 4.69) is 21.6 Å². The largest absolute Gasteiger partial charge is 0.494 e. The highest BCUT2D eigenvalue weighted by atomic mass is 16.3. The van der Waals surface area contributed by atoms with Crippen molar-refractivity contribution in [3.8, 4) is 5.88 Å². The maximum Gasteiger partial charge on any atom is 0.331 e. The van der Waals surface area contributed by atoms with Crippen molar-refractivity contribution in [3.05, 3.63) is 68.4 Å². The molecule has 1 heterocycles. The minimum Gasteiger partial charge on any atom is -0.494 e. The lowest BCUT2D eigenvalue weighted by molar-refractivity contribution is 0.398. The Bertz CT molecular complexity index is 926. The maximum atomic E-state index is 12.0. The molecule has 0 atom stereocenters. The molecule has 3 N–H and O–H groups in total. The fraction of sp³-hybridized carbons (Fsp3) is 0.316. The molecule has 0 radical (unpaired) electrons. The summed E-state index contributed by atoms with van der Waals surface area (Å²) >= 11 is 0. The van der Waals surface area contributed by atoms with Gasteiger partial charge in [0.25, 0.3) is 5.56 Å². The summed E-state index contributed by atoms with van der Waals surface area (Å²) in [6, 6.07) is 9.22. The molecule has 0 fully saturated rings. The van der Waals surface area contributed by atoms with Gasteiger partial charge in [0, 0.05) is 6.54 Å². The number of anilines is 1. The van der Waals surface area contributed by atoms with Crippen molar-refractivity contribution >= 4 is 11.9 Å². The molecular weight excluding hydrogens is 332 g/mol. The number of rotatable bonds is 6. The Labute approximate surface area is 150 Å². The zero-order valence-corrected chi connectivity index (χ0v) is 14.4. The van der Waals surface area contributed by atoms with Gasteiger partial charge in [-0.3, -0.25) is 19.8 Å². The number of allylic oxidation sites excluding steroid dienone is 2. The number of benzene rings is 1.